The number of hydrogen-bond donors (Lipinski definition) is 0. The van der Waals surface area contributed by atoms with Crippen LogP contribution in [-0.4, -0.2) is 16.1 Å². The SMILES string of the molecule is CCC[Si](CCC)(CCC)CCCC[Si](CCC)(CCC)CCC. The van der Waals surface area contributed by atoms with Crippen LogP contribution in [0.15, 0.2) is 0 Å². The van der Waals surface area contributed by atoms with Crippen LogP contribution in [0.5, 0.6) is 0 Å². The zero-order valence-corrected chi connectivity index (χ0v) is 20.3. The second-order valence-electron chi connectivity index (χ2n) is 8.71. The van der Waals surface area contributed by atoms with Crippen molar-refractivity contribution in [1.29, 1.82) is 0 Å². The lowest BCUT2D eigenvalue weighted by atomic mass is 10.4. The lowest BCUT2D eigenvalue weighted by Gasteiger charge is -2.34. The van der Waals surface area contributed by atoms with Gasteiger partial charge in [0.05, 0.1) is 16.1 Å². The molecule has 0 aromatic heterocycles. The summed E-state index contributed by atoms with van der Waals surface area (Å²) in [6.45, 7) is 14.6. The van der Waals surface area contributed by atoms with Crippen LogP contribution in [0.4, 0.5) is 0 Å². The molecule has 0 saturated carbocycles. The first-order valence-electron chi connectivity index (χ1n) is 11.6. The molecule has 0 radical (unpaired) electrons. The monoisotopic (exact) mass is 370 g/mol. The molecule has 0 aliphatic carbocycles. The van der Waals surface area contributed by atoms with Crippen LogP contribution >= 0.6 is 0 Å². The predicted molar refractivity (Wildman–Crippen MR) is 121 cm³/mol. The van der Waals surface area contributed by atoms with Gasteiger partial charge in [0, 0.05) is 0 Å². The van der Waals surface area contributed by atoms with Crippen LogP contribution in [0.25, 0.3) is 0 Å². The molecule has 2 heteroatoms. The van der Waals surface area contributed by atoms with E-state index in [1.807, 2.05) is 0 Å². The fourth-order valence-corrected chi connectivity index (χ4v) is 17.0. The highest BCUT2D eigenvalue weighted by atomic mass is 28.3. The highest BCUT2D eigenvalue weighted by molar-refractivity contribution is 6.80. The first kappa shape index (κ1) is 24.4. The van der Waals surface area contributed by atoms with Crippen molar-refractivity contribution in [3.8, 4) is 0 Å². The number of hydrogen-bond acceptors (Lipinski definition) is 0. The summed E-state index contributed by atoms with van der Waals surface area (Å²) in [7, 11) is -1.86. The maximum atomic E-state index is 2.43. The molecule has 0 heterocycles. The molecular weight excluding hydrogens is 320 g/mol. The second-order valence-corrected chi connectivity index (χ2v) is 18.7. The Morgan fingerprint density at radius 2 is 0.542 bits per heavy atom. The van der Waals surface area contributed by atoms with Gasteiger partial charge in [-0.15, -0.1) is 0 Å². The van der Waals surface area contributed by atoms with Crippen molar-refractivity contribution < 1.29 is 0 Å². The van der Waals surface area contributed by atoms with Gasteiger partial charge in [-0.1, -0.05) is 141 Å². The van der Waals surface area contributed by atoms with Crippen molar-refractivity contribution in [2.45, 2.75) is 141 Å². The fraction of sp³-hybridized carbons (Fsp3) is 1.00. The summed E-state index contributed by atoms with van der Waals surface area (Å²) >= 11 is 0. The van der Waals surface area contributed by atoms with E-state index < -0.39 is 16.1 Å². The van der Waals surface area contributed by atoms with Crippen molar-refractivity contribution in [2.24, 2.45) is 0 Å². The summed E-state index contributed by atoms with van der Waals surface area (Å²) in [5.74, 6) is 0. The molecule has 0 nitrogen and oxygen atoms in total. The third kappa shape index (κ3) is 9.22. The normalized spacial score (nSPS) is 12.8. The standard InChI is InChI=1S/C22H50Si2/c1-7-15-23(16-8-2,17-9-3)21-13-14-22-24(18-10-4,19-11-5)20-12-6/h7-22H2,1-6H3. The molecular formula is C22H50Si2. The van der Waals surface area contributed by atoms with Crippen LogP contribution in [0.2, 0.25) is 48.4 Å². The molecule has 0 aromatic carbocycles. The minimum atomic E-state index is -0.932. The zero-order valence-electron chi connectivity index (χ0n) is 18.3. The molecule has 24 heavy (non-hydrogen) atoms. The van der Waals surface area contributed by atoms with Gasteiger partial charge in [0.15, 0.2) is 0 Å². The molecule has 0 unspecified atom stereocenters. The van der Waals surface area contributed by atoms with Gasteiger partial charge in [-0.2, -0.15) is 0 Å². The Balaban J connectivity index is 4.64. The van der Waals surface area contributed by atoms with E-state index in [2.05, 4.69) is 41.5 Å². The van der Waals surface area contributed by atoms with Crippen LogP contribution < -0.4 is 0 Å². The fourth-order valence-electron chi connectivity index (χ4n) is 5.68. The molecule has 0 fully saturated rings. The quantitative estimate of drug-likeness (QED) is 0.177. The van der Waals surface area contributed by atoms with Crippen LogP contribution in [0.1, 0.15) is 92.9 Å². The van der Waals surface area contributed by atoms with E-state index in [0.717, 1.165) is 0 Å². The molecule has 0 N–H and O–H groups in total. The van der Waals surface area contributed by atoms with Crippen molar-refractivity contribution in [3.63, 3.8) is 0 Å². The summed E-state index contributed by atoms with van der Waals surface area (Å²) < 4.78 is 0. The topological polar surface area (TPSA) is 0 Å². The van der Waals surface area contributed by atoms with Crippen molar-refractivity contribution in [3.05, 3.63) is 0 Å². The maximum absolute atomic E-state index is 2.43. The smallest absolute Gasteiger partial charge is 0.0535 e. The van der Waals surface area contributed by atoms with E-state index in [0.29, 0.717) is 0 Å². The second kappa shape index (κ2) is 14.6. The number of rotatable bonds is 17. The van der Waals surface area contributed by atoms with Crippen molar-refractivity contribution >= 4 is 16.1 Å². The van der Waals surface area contributed by atoms with Gasteiger partial charge in [0.1, 0.15) is 0 Å². The van der Waals surface area contributed by atoms with Crippen LogP contribution in [0.3, 0.4) is 0 Å². The molecule has 0 spiro atoms. The summed E-state index contributed by atoms with van der Waals surface area (Å²) in [6, 6.07) is 12.9. The summed E-state index contributed by atoms with van der Waals surface area (Å²) in [5.41, 5.74) is 0. The molecule has 0 bridgehead atoms. The molecule has 0 amide bonds. The predicted octanol–water partition coefficient (Wildman–Crippen LogP) is 9.12. The third-order valence-corrected chi connectivity index (χ3v) is 18.5. The average Bonchev–Trinajstić information content (AvgIpc) is 2.53. The van der Waals surface area contributed by atoms with E-state index in [9.17, 15) is 0 Å². The molecule has 0 aliphatic heterocycles. The van der Waals surface area contributed by atoms with Gasteiger partial charge in [0.2, 0.25) is 0 Å². The van der Waals surface area contributed by atoms with Crippen molar-refractivity contribution in [2.75, 3.05) is 0 Å². The van der Waals surface area contributed by atoms with E-state index in [-0.39, 0.29) is 0 Å². The zero-order chi connectivity index (χ0) is 18.3. The Hall–Kier alpha value is 0.434. The minimum absolute atomic E-state index is 0.932. The van der Waals surface area contributed by atoms with Crippen LogP contribution in [0, 0.1) is 0 Å². The van der Waals surface area contributed by atoms with E-state index in [4.69, 9.17) is 0 Å². The Labute approximate surface area is 157 Å². The lowest BCUT2D eigenvalue weighted by Crippen LogP contribution is -2.35. The summed E-state index contributed by atoms with van der Waals surface area (Å²) in [4.78, 5) is 0. The van der Waals surface area contributed by atoms with E-state index in [1.165, 1.54) is 38.5 Å². The van der Waals surface area contributed by atoms with Gasteiger partial charge in [-0.05, 0) is 0 Å². The average molecular weight is 371 g/mol. The van der Waals surface area contributed by atoms with Crippen LogP contribution in [-0.2, 0) is 0 Å². The van der Waals surface area contributed by atoms with E-state index in [1.54, 1.807) is 61.2 Å². The minimum Gasteiger partial charge on any atom is -0.0657 e. The Morgan fingerprint density at radius 3 is 0.708 bits per heavy atom. The highest BCUT2D eigenvalue weighted by Gasteiger charge is 2.31. The summed E-state index contributed by atoms with van der Waals surface area (Å²) in [5, 5.41) is 0. The van der Waals surface area contributed by atoms with Crippen molar-refractivity contribution in [1.82, 2.24) is 0 Å². The largest absolute Gasteiger partial charge is 0.0657 e. The molecule has 0 aromatic rings. The van der Waals surface area contributed by atoms with Gasteiger partial charge in [-0.3, -0.25) is 0 Å². The van der Waals surface area contributed by atoms with Gasteiger partial charge < -0.3 is 0 Å². The van der Waals surface area contributed by atoms with Gasteiger partial charge >= 0.3 is 0 Å². The molecule has 0 rings (SSSR count). The lowest BCUT2D eigenvalue weighted by molar-refractivity contribution is 0.792. The maximum Gasteiger partial charge on any atom is 0.0535 e. The first-order chi connectivity index (χ1) is 11.6. The Kier molecular flexibility index (Phi) is 14.9. The third-order valence-electron chi connectivity index (χ3n) is 6.35. The molecule has 0 aliphatic rings. The van der Waals surface area contributed by atoms with Gasteiger partial charge in [0.25, 0.3) is 0 Å². The van der Waals surface area contributed by atoms with Gasteiger partial charge in [-0.25, -0.2) is 0 Å². The molecule has 0 atom stereocenters. The molecule has 0 saturated heterocycles. The first-order valence-corrected chi connectivity index (χ1v) is 17.2. The number of unbranched alkanes of at least 4 members (excludes halogenated alkanes) is 1. The Morgan fingerprint density at radius 1 is 0.333 bits per heavy atom. The highest BCUT2D eigenvalue weighted by Crippen LogP contribution is 2.35. The Bertz CT molecular complexity index is 213. The van der Waals surface area contributed by atoms with E-state index >= 15 is 0 Å². The molecule has 146 valence electrons. The summed E-state index contributed by atoms with van der Waals surface area (Å²) in [6.07, 6.45) is 11.8.